The predicted molar refractivity (Wildman–Crippen MR) is 111 cm³/mol. The number of hydrogen-bond acceptors (Lipinski definition) is 9. The highest BCUT2D eigenvalue weighted by atomic mass is 32.1. The molecule has 0 atom stereocenters. The smallest absolute Gasteiger partial charge is 0.335 e. The van der Waals surface area contributed by atoms with Crippen molar-refractivity contribution in [1.82, 2.24) is 9.66 Å². The Morgan fingerprint density at radius 3 is 2.57 bits per heavy atom. The fourth-order valence-corrected chi connectivity index (χ4v) is 4.19. The van der Waals surface area contributed by atoms with Crippen LogP contribution in [0.3, 0.4) is 0 Å². The lowest BCUT2D eigenvalue weighted by molar-refractivity contribution is 0.0697. The average Bonchev–Trinajstić information content (AvgIpc) is 3.22. The van der Waals surface area contributed by atoms with Crippen LogP contribution in [-0.2, 0) is 0 Å². The summed E-state index contributed by atoms with van der Waals surface area (Å²) in [6.07, 6.45) is 0. The molecule has 0 fully saturated rings. The summed E-state index contributed by atoms with van der Waals surface area (Å²) >= 11 is 7.80. The number of carbonyl (C=O) groups is 1. The van der Waals surface area contributed by atoms with Gasteiger partial charge in [-0.3, -0.25) is 5.43 Å². The molecule has 2 heterocycles. The van der Waals surface area contributed by atoms with Crippen LogP contribution in [0.5, 0.6) is 5.88 Å². The number of nitrogens with one attached hydrogen (secondary N) is 1. The Morgan fingerprint density at radius 1 is 1.11 bits per heavy atom. The topological polar surface area (TPSA) is 112 Å². The molecule has 4 rings (SSSR count). The molecule has 0 aliphatic heterocycles. The molecule has 3 N–H and O–H groups in total. The van der Waals surface area contributed by atoms with E-state index in [2.05, 4.69) is 20.6 Å². The number of carboxylic acid groups (broad SMARTS) is 1. The van der Waals surface area contributed by atoms with E-state index in [0.29, 0.717) is 14.8 Å². The van der Waals surface area contributed by atoms with Gasteiger partial charge in [-0.25, -0.2) is 9.78 Å². The van der Waals surface area contributed by atoms with Gasteiger partial charge in [0.05, 0.1) is 21.5 Å². The maximum absolute atomic E-state index is 10.9. The van der Waals surface area contributed by atoms with Gasteiger partial charge in [0.25, 0.3) is 5.88 Å². The molecule has 0 unspecified atom stereocenters. The molecule has 8 nitrogen and oxygen atoms in total. The van der Waals surface area contributed by atoms with Crippen LogP contribution in [0.15, 0.2) is 58.8 Å². The van der Waals surface area contributed by atoms with Gasteiger partial charge >= 0.3 is 5.97 Å². The number of benzene rings is 2. The molecule has 28 heavy (non-hydrogen) atoms. The van der Waals surface area contributed by atoms with Crippen molar-refractivity contribution in [2.24, 2.45) is 10.2 Å². The zero-order valence-corrected chi connectivity index (χ0v) is 16.4. The third kappa shape index (κ3) is 3.63. The molecular weight excluding hydrogens is 418 g/mol. The first-order valence-corrected chi connectivity index (χ1v) is 9.88. The molecule has 140 valence electrons. The molecule has 0 saturated heterocycles. The van der Waals surface area contributed by atoms with E-state index in [1.165, 1.54) is 40.3 Å². The standard InChI is InChI=1S/C17H11N5O3S3/c23-14-13(20-19-10-7-5-9(6-8-10)15(24)25)28-17(26)22(14)21-16-18-11-3-1-2-4-12(11)27-16/h1-8,23H,(H,18,21)(H,24,25). The van der Waals surface area contributed by atoms with Gasteiger partial charge in [0.1, 0.15) is 0 Å². The molecule has 11 heteroatoms. The third-order valence-corrected chi connectivity index (χ3v) is 5.83. The molecule has 0 aliphatic carbocycles. The monoisotopic (exact) mass is 429 g/mol. The molecule has 0 radical (unpaired) electrons. The van der Waals surface area contributed by atoms with Crippen LogP contribution in [-0.4, -0.2) is 25.8 Å². The first-order valence-electron chi connectivity index (χ1n) is 7.84. The van der Waals surface area contributed by atoms with Gasteiger partial charge in [0.2, 0.25) is 10.1 Å². The number of nitrogens with zero attached hydrogens (tertiary/aromatic N) is 4. The first kappa shape index (κ1) is 18.2. The van der Waals surface area contributed by atoms with E-state index in [-0.39, 0.29) is 16.4 Å². The van der Waals surface area contributed by atoms with Crippen molar-refractivity contribution in [2.75, 3.05) is 5.43 Å². The number of carboxylic acids is 1. The fraction of sp³-hybridized carbons (Fsp3) is 0. The molecule has 0 saturated carbocycles. The van der Waals surface area contributed by atoms with Crippen molar-refractivity contribution in [3.05, 3.63) is 58.0 Å². The van der Waals surface area contributed by atoms with Gasteiger partial charge in [-0.1, -0.05) is 34.8 Å². The summed E-state index contributed by atoms with van der Waals surface area (Å²) in [6, 6.07) is 13.6. The van der Waals surface area contributed by atoms with E-state index in [0.717, 1.165) is 21.6 Å². The molecular formula is C17H11N5O3S3. The number of aromatic hydroxyl groups is 1. The van der Waals surface area contributed by atoms with E-state index in [9.17, 15) is 9.90 Å². The van der Waals surface area contributed by atoms with E-state index in [1.54, 1.807) is 0 Å². The number of hydrogen-bond donors (Lipinski definition) is 3. The molecule has 4 aromatic rings. The molecule has 0 aliphatic rings. The van der Waals surface area contributed by atoms with Crippen LogP contribution < -0.4 is 5.43 Å². The van der Waals surface area contributed by atoms with Crippen molar-refractivity contribution < 1.29 is 15.0 Å². The second kappa shape index (κ2) is 7.46. The highest BCUT2D eigenvalue weighted by molar-refractivity contribution is 7.73. The Morgan fingerprint density at radius 2 is 1.86 bits per heavy atom. The van der Waals surface area contributed by atoms with Crippen LogP contribution in [0.1, 0.15) is 10.4 Å². The SMILES string of the molecule is O=C(O)c1ccc(N=Nc2sc(=S)n(Nc3nc4ccccc4s3)c2O)cc1. The number of aromatic nitrogens is 2. The predicted octanol–water partition coefficient (Wildman–Crippen LogP) is 5.58. The minimum atomic E-state index is -1.02. The maximum Gasteiger partial charge on any atom is 0.335 e. The van der Waals surface area contributed by atoms with E-state index < -0.39 is 5.97 Å². The highest BCUT2D eigenvalue weighted by Gasteiger charge is 2.13. The number of thiazole rings is 2. The van der Waals surface area contributed by atoms with Crippen molar-refractivity contribution in [2.45, 2.75) is 0 Å². The number of anilines is 1. The van der Waals surface area contributed by atoms with Crippen LogP contribution in [0.25, 0.3) is 10.2 Å². The van der Waals surface area contributed by atoms with Gasteiger partial charge < -0.3 is 10.2 Å². The number of para-hydroxylation sites is 1. The normalized spacial score (nSPS) is 11.3. The first-order chi connectivity index (χ1) is 13.5. The molecule has 0 bridgehead atoms. The maximum atomic E-state index is 10.9. The van der Waals surface area contributed by atoms with Gasteiger partial charge in [-0.15, -0.1) is 10.2 Å². The van der Waals surface area contributed by atoms with Gasteiger partial charge in [-0.2, -0.15) is 4.68 Å². The summed E-state index contributed by atoms with van der Waals surface area (Å²) in [4.78, 5) is 15.3. The lowest BCUT2D eigenvalue weighted by atomic mass is 10.2. The number of aromatic carboxylic acids is 1. The quantitative estimate of drug-likeness (QED) is 0.282. The van der Waals surface area contributed by atoms with E-state index >= 15 is 0 Å². The summed E-state index contributed by atoms with van der Waals surface area (Å²) in [5, 5.41) is 28.2. The second-order valence-electron chi connectivity index (χ2n) is 5.48. The van der Waals surface area contributed by atoms with Crippen LogP contribution >= 0.6 is 34.9 Å². The van der Waals surface area contributed by atoms with E-state index in [1.807, 2.05) is 24.3 Å². The number of rotatable bonds is 5. The van der Waals surface area contributed by atoms with Crippen molar-refractivity contribution in [3.63, 3.8) is 0 Å². The Labute approximate surface area is 171 Å². The van der Waals surface area contributed by atoms with Crippen LogP contribution in [0, 0.1) is 3.95 Å². The molecule has 2 aromatic carbocycles. The Kier molecular flexibility index (Phi) is 4.86. The second-order valence-corrected chi connectivity index (χ2v) is 8.14. The van der Waals surface area contributed by atoms with Gasteiger partial charge in [-0.05, 0) is 48.6 Å². The summed E-state index contributed by atoms with van der Waals surface area (Å²) in [7, 11) is 0. The van der Waals surface area contributed by atoms with Crippen molar-refractivity contribution in [1.29, 1.82) is 0 Å². The van der Waals surface area contributed by atoms with Crippen molar-refractivity contribution in [3.8, 4) is 5.88 Å². The largest absolute Gasteiger partial charge is 0.491 e. The highest BCUT2D eigenvalue weighted by Crippen LogP contribution is 2.36. The average molecular weight is 430 g/mol. The molecule has 0 spiro atoms. The van der Waals surface area contributed by atoms with Crippen molar-refractivity contribution >= 4 is 66.9 Å². The van der Waals surface area contributed by atoms with E-state index in [4.69, 9.17) is 17.3 Å². The fourth-order valence-electron chi connectivity index (χ4n) is 2.31. The Bertz CT molecular complexity index is 1220. The summed E-state index contributed by atoms with van der Waals surface area (Å²) in [6.45, 7) is 0. The third-order valence-electron chi connectivity index (χ3n) is 3.64. The summed E-state index contributed by atoms with van der Waals surface area (Å²) in [5.74, 6) is -1.20. The summed E-state index contributed by atoms with van der Waals surface area (Å²) < 4.78 is 2.68. The number of fused-ring (bicyclic) bond motifs is 1. The number of azo groups is 1. The lowest BCUT2D eigenvalue weighted by Gasteiger charge is -2.03. The molecule has 2 aromatic heterocycles. The zero-order chi connectivity index (χ0) is 19.7. The van der Waals surface area contributed by atoms with Gasteiger partial charge in [0, 0.05) is 0 Å². The van der Waals surface area contributed by atoms with Crippen LogP contribution in [0.4, 0.5) is 15.8 Å². The Hall–Kier alpha value is -3.15. The molecule has 0 amide bonds. The minimum Gasteiger partial charge on any atom is -0.491 e. The minimum absolute atomic E-state index is 0.156. The lowest BCUT2D eigenvalue weighted by Crippen LogP contribution is -2.07. The summed E-state index contributed by atoms with van der Waals surface area (Å²) in [5.41, 5.74) is 4.44. The Balaban J connectivity index is 1.58. The van der Waals surface area contributed by atoms with Gasteiger partial charge in [0.15, 0.2) is 3.95 Å². The zero-order valence-electron chi connectivity index (χ0n) is 13.9. The van der Waals surface area contributed by atoms with Crippen LogP contribution in [0.2, 0.25) is 0 Å².